The normalized spacial score (nSPS) is 10.9. The van der Waals surface area contributed by atoms with Crippen molar-refractivity contribution in [2.45, 2.75) is 0 Å². The minimum absolute atomic E-state index is 0.127. The molecular weight excluding hydrogens is 208 g/mol. The summed E-state index contributed by atoms with van der Waals surface area (Å²) in [4.78, 5) is 11.8. The Kier molecular flexibility index (Phi) is 2.19. The molecule has 0 N–H and O–H groups in total. The topological polar surface area (TPSA) is 17.1 Å². The number of carbonyl (C=O) groups excluding carboxylic acids is 1. The number of benzene rings is 3. The summed E-state index contributed by atoms with van der Waals surface area (Å²) in [5.41, 5.74) is 0.721. The molecule has 1 heteroatoms. The first kappa shape index (κ1) is 10.0. The molecule has 17 heavy (non-hydrogen) atoms. The lowest BCUT2D eigenvalue weighted by atomic mass is 9.95. The molecule has 0 aliphatic carbocycles. The van der Waals surface area contributed by atoms with Crippen LogP contribution < -0.4 is 0 Å². The Balaban J connectivity index is 2.61. The first-order valence-corrected chi connectivity index (χ1v) is 5.54. The summed E-state index contributed by atoms with van der Waals surface area (Å²) in [5, 5.41) is 4.12. The van der Waals surface area contributed by atoms with Gasteiger partial charge < -0.3 is 0 Å². The lowest BCUT2D eigenvalue weighted by Gasteiger charge is -2.08. The standard InChI is InChI=1S/C16H11O/c1-11(17)16-14-8-4-2-6-12(14)10-13-7-3-5-9-15(13)16/h2-10H,1H2. The number of rotatable bonds is 1. The van der Waals surface area contributed by atoms with E-state index < -0.39 is 0 Å². The number of fused-ring (bicyclic) bond motifs is 2. The summed E-state index contributed by atoms with van der Waals surface area (Å²) >= 11 is 0. The quantitative estimate of drug-likeness (QED) is 0.446. The van der Waals surface area contributed by atoms with Crippen LogP contribution in [0.25, 0.3) is 21.5 Å². The number of Topliss-reactive ketones (excluding diaryl/α,β-unsaturated/α-hetero) is 1. The van der Waals surface area contributed by atoms with Crippen molar-refractivity contribution in [2.75, 3.05) is 0 Å². The summed E-state index contributed by atoms with van der Waals surface area (Å²) < 4.78 is 0. The molecule has 0 heterocycles. The van der Waals surface area contributed by atoms with Crippen molar-refractivity contribution in [1.82, 2.24) is 0 Å². The fourth-order valence-corrected chi connectivity index (χ4v) is 2.31. The second-order valence-electron chi connectivity index (χ2n) is 4.12. The van der Waals surface area contributed by atoms with Gasteiger partial charge >= 0.3 is 0 Å². The van der Waals surface area contributed by atoms with Gasteiger partial charge in [-0.05, 0) is 27.6 Å². The first-order valence-electron chi connectivity index (χ1n) is 5.54. The van der Waals surface area contributed by atoms with Crippen molar-refractivity contribution < 1.29 is 4.79 Å². The van der Waals surface area contributed by atoms with Crippen LogP contribution in [-0.2, 0) is 0 Å². The largest absolute Gasteiger partial charge is 0.294 e. The fourth-order valence-electron chi connectivity index (χ4n) is 2.31. The van der Waals surface area contributed by atoms with Crippen LogP contribution in [0.3, 0.4) is 0 Å². The Hall–Kier alpha value is -2.15. The molecule has 0 unspecified atom stereocenters. The van der Waals surface area contributed by atoms with Gasteiger partial charge in [0.1, 0.15) is 0 Å². The van der Waals surface area contributed by atoms with E-state index in [4.69, 9.17) is 0 Å². The SMILES string of the molecule is [CH2]C(=O)c1c2ccccc2cc2ccccc12. The number of ketones is 1. The third kappa shape index (κ3) is 1.51. The molecule has 3 aromatic carbocycles. The molecule has 81 valence electrons. The number of carbonyl (C=O) groups is 1. The Morgan fingerprint density at radius 3 is 1.76 bits per heavy atom. The molecule has 0 fully saturated rings. The lowest BCUT2D eigenvalue weighted by Crippen LogP contribution is -1.96. The van der Waals surface area contributed by atoms with Crippen LogP contribution in [-0.4, -0.2) is 5.78 Å². The van der Waals surface area contributed by atoms with Gasteiger partial charge in [0, 0.05) is 12.5 Å². The Morgan fingerprint density at radius 1 is 0.824 bits per heavy atom. The minimum atomic E-state index is -0.127. The first-order chi connectivity index (χ1) is 8.27. The number of hydrogen-bond acceptors (Lipinski definition) is 1. The van der Waals surface area contributed by atoms with Crippen LogP contribution in [0.1, 0.15) is 10.4 Å². The molecular formula is C16H11O. The van der Waals surface area contributed by atoms with Crippen molar-refractivity contribution in [3.05, 3.63) is 67.1 Å². The molecule has 0 aromatic heterocycles. The van der Waals surface area contributed by atoms with Crippen molar-refractivity contribution in [1.29, 1.82) is 0 Å². The van der Waals surface area contributed by atoms with E-state index in [1.165, 1.54) is 0 Å². The third-order valence-corrected chi connectivity index (χ3v) is 3.05. The van der Waals surface area contributed by atoms with Gasteiger partial charge in [0.2, 0.25) is 0 Å². The Morgan fingerprint density at radius 2 is 1.29 bits per heavy atom. The Labute approximate surface area is 99.7 Å². The smallest absolute Gasteiger partial charge is 0.164 e. The molecule has 3 rings (SSSR count). The molecule has 0 saturated carbocycles. The van der Waals surface area contributed by atoms with E-state index >= 15 is 0 Å². The molecule has 0 bridgehead atoms. The molecule has 0 spiro atoms. The number of hydrogen-bond donors (Lipinski definition) is 0. The van der Waals surface area contributed by atoms with E-state index in [0.29, 0.717) is 0 Å². The summed E-state index contributed by atoms with van der Waals surface area (Å²) in [5.74, 6) is -0.127. The summed E-state index contributed by atoms with van der Waals surface area (Å²) in [6.07, 6.45) is 0. The lowest BCUT2D eigenvalue weighted by molar-refractivity contribution is 0.104. The highest BCUT2D eigenvalue weighted by Gasteiger charge is 2.10. The highest BCUT2D eigenvalue weighted by Crippen LogP contribution is 2.28. The zero-order valence-corrected chi connectivity index (χ0v) is 9.31. The maximum absolute atomic E-state index is 11.8. The van der Waals surface area contributed by atoms with E-state index in [-0.39, 0.29) is 5.78 Å². The van der Waals surface area contributed by atoms with E-state index in [1.54, 1.807) is 0 Å². The molecule has 1 radical (unpaired) electrons. The minimum Gasteiger partial charge on any atom is -0.294 e. The van der Waals surface area contributed by atoms with Gasteiger partial charge in [-0.3, -0.25) is 4.79 Å². The van der Waals surface area contributed by atoms with Gasteiger partial charge in [-0.25, -0.2) is 0 Å². The maximum atomic E-state index is 11.8. The van der Waals surface area contributed by atoms with Crippen LogP contribution >= 0.6 is 0 Å². The maximum Gasteiger partial charge on any atom is 0.164 e. The second kappa shape index (κ2) is 3.70. The molecule has 0 amide bonds. The molecule has 0 saturated heterocycles. The zero-order valence-electron chi connectivity index (χ0n) is 9.31. The highest BCUT2D eigenvalue weighted by molar-refractivity contribution is 6.20. The highest BCUT2D eigenvalue weighted by atomic mass is 16.1. The average Bonchev–Trinajstić information content (AvgIpc) is 2.35. The van der Waals surface area contributed by atoms with Crippen LogP contribution in [0, 0.1) is 6.92 Å². The zero-order chi connectivity index (χ0) is 11.8. The Bertz CT molecular complexity index is 672. The van der Waals surface area contributed by atoms with E-state index in [2.05, 4.69) is 13.0 Å². The van der Waals surface area contributed by atoms with Crippen LogP contribution in [0.15, 0.2) is 54.6 Å². The van der Waals surface area contributed by atoms with Gasteiger partial charge in [-0.2, -0.15) is 0 Å². The van der Waals surface area contributed by atoms with Gasteiger partial charge in [0.05, 0.1) is 0 Å². The van der Waals surface area contributed by atoms with Gasteiger partial charge in [0.15, 0.2) is 5.78 Å². The summed E-state index contributed by atoms with van der Waals surface area (Å²) in [6, 6.07) is 18.0. The van der Waals surface area contributed by atoms with Crippen molar-refractivity contribution in [2.24, 2.45) is 0 Å². The van der Waals surface area contributed by atoms with E-state index in [1.807, 2.05) is 48.5 Å². The predicted octanol–water partition coefficient (Wildman–Crippen LogP) is 4.01. The van der Waals surface area contributed by atoms with Gasteiger partial charge in [-0.1, -0.05) is 48.5 Å². The molecule has 3 aromatic rings. The summed E-state index contributed by atoms with van der Waals surface area (Å²) in [6.45, 7) is 3.57. The molecule has 1 nitrogen and oxygen atoms in total. The van der Waals surface area contributed by atoms with Crippen LogP contribution in [0.4, 0.5) is 0 Å². The second-order valence-corrected chi connectivity index (χ2v) is 4.12. The fraction of sp³-hybridized carbons (Fsp3) is 0. The molecule has 0 aliphatic heterocycles. The van der Waals surface area contributed by atoms with Crippen molar-refractivity contribution >= 4 is 27.3 Å². The van der Waals surface area contributed by atoms with Crippen molar-refractivity contribution in [3.8, 4) is 0 Å². The molecule has 0 atom stereocenters. The monoisotopic (exact) mass is 219 g/mol. The third-order valence-electron chi connectivity index (χ3n) is 3.05. The van der Waals surface area contributed by atoms with Crippen LogP contribution in [0.5, 0.6) is 0 Å². The predicted molar refractivity (Wildman–Crippen MR) is 71.1 cm³/mol. The van der Waals surface area contributed by atoms with Crippen LogP contribution in [0.2, 0.25) is 0 Å². The average molecular weight is 219 g/mol. The van der Waals surface area contributed by atoms with Gasteiger partial charge in [0.25, 0.3) is 0 Å². The summed E-state index contributed by atoms with van der Waals surface area (Å²) in [7, 11) is 0. The molecule has 0 aliphatic rings. The van der Waals surface area contributed by atoms with Crippen molar-refractivity contribution in [3.63, 3.8) is 0 Å². The van der Waals surface area contributed by atoms with Gasteiger partial charge in [-0.15, -0.1) is 0 Å². The van der Waals surface area contributed by atoms with E-state index in [0.717, 1.165) is 27.1 Å². The van der Waals surface area contributed by atoms with E-state index in [9.17, 15) is 4.79 Å².